The summed E-state index contributed by atoms with van der Waals surface area (Å²) >= 11 is 5.82. The maximum atomic E-state index is 12.9. The summed E-state index contributed by atoms with van der Waals surface area (Å²) in [7, 11) is -2.78. The molecule has 0 spiro atoms. The van der Waals surface area contributed by atoms with E-state index in [0.717, 1.165) is 12.1 Å². The Morgan fingerprint density at radius 3 is 2.15 bits per heavy atom. The molecule has 0 radical (unpaired) electrons. The minimum atomic E-state index is -4.47. The first kappa shape index (κ1) is 24.4. The quantitative estimate of drug-likeness (QED) is 0.460. The Morgan fingerprint density at radius 1 is 0.970 bits per heavy atom. The Bertz CT molecular complexity index is 1250. The average molecular weight is 499 g/mol. The fraction of sp³-hybridized carbons (Fsp3) is 0.136. The van der Waals surface area contributed by atoms with Gasteiger partial charge in [0.2, 0.25) is 5.91 Å². The summed E-state index contributed by atoms with van der Waals surface area (Å²) < 4.78 is 71.3. The largest absolute Gasteiger partial charge is 0.495 e. The molecule has 0 fully saturated rings. The van der Waals surface area contributed by atoms with Crippen molar-refractivity contribution in [2.75, 3.05) is 17.1 Å². The van der Waals surface area contributed by atoms with E-state index in [1.54, 1.807) is 0 Å². The summed E-state index contributed by atoms with van der Waals surface area (Å²) in [6.07, 6.45) is -4.67. The molecule has 0 bridgehead atoms. The minimum Gasteiger partial charge on any atom is -0.495 e. The molecule has 3 rings (SSSR count). The molecule has 33 heavy (non-hydrogen) atoms. The predicted molar refractivity (Wildman–Crippen MR) is 119 cm³/mol. The van der Waals surface area contributed by atoms with Gasteiger partial charge in [-0.15, -0.1) is 0 Å². The smallest absolute Gasteiger partial charge is 0.416 e. The van der Waals surface area contributed by atoms with Gasteiger partial charge in [0.1, 0.15) is 10.6 Å². The molecule has 1 amide bonds. The third-order valence-corrected chi connectivity index (χ3v) is 6.13. The number of sulfonamides is 1. The summed E-state index contributed by atoms with van der Waals surface area (Å²) in [5.74, 6) is -0.480. The number of amides is 1. The van der Waals surface area contributed by atoms with Gasteiger partial charge in [-0.2, -0.15) is 13.2 Å². The fourth-order valence-electron chi connectivity index (χ4n) is 2.89. The number of carbonyl (C=O) groups is 1. The Hall–Kier alpha value is -3.24. The molecule has 0 saturated heterocycles. The van der Waals surface area contributed by atoms with Gasteiger partial charge in [-0.1, -0.05) is 23.7 Å². The van der Waals surface area contributed by atoms with E-state index in [2.05, 4.69) is 10.0 Å². The Kier molecular flexibility index (Phi) is 7.19. The molecule has 2 N–H and O–H groups in total. The second kappa shape index (κ2) is 9.72. The molecule has 0 aliphatic carbocycles. The number of hydrogen-bond acceptors (Lipinski definition) is 4. The molecule has 0 aliphatic heterocycles. The van der Waals surface area contributed by atoms with E-state index in [4.69, 9.17) is 16.3 Å². The van der Waals surface area contributed by atoms with Crippen molar-refractivity contribution in [1.82, 2.24) is 0 Å². The van der Waals surface area contributed by atoms with Crippen LogP contribution in [0.3, 0.4) is 0 Å². The zero-order valence-electron chi connectivity index (χ0n) is 17.1. The van der Waals surface area contributed by atoms with Gasteiger partial charge in [-0.05, 0) is 60.2 Å². The zero-order chi connectivity index (χ0) is 24.2. The lowest BCUT2D eigenvalue weighted by atomic mass is 10.1. The van der Waals surface area contributed by atoms with Crippen molar-refractivity contribution in [3.05, 3.63) is 82.9 Å². The van der Waals surface area contributed by atoms with Crippen LogP contribution in [0.15, 0.2) is 71.6 Å². The summed E-state index contributed by atoms with van der Waals surface area (Å²) in [4.78, 5) is 12.1. The standard InChI is InChI=1S/C22H18ClF3N2O4S/c1-32-19-11-10-18(13-20(19)33(30,31)28-17-8-6-16(23)7-9-17)27-21(29)12-14-2-4-15(5-3-14)22(24,25)26/h2-11,13,28H,12H2,1H3,(H,27,29). The number of carbonyl (C=O) groups excluding carboxylic acids is 1. The van der Waals surface area contributed by atoms with Gasteiger partial charge in [-0.25, -0.2) is 8.42 Å². The Morgan fingerprint density at radius 2 is 1.58 bits per heavy atom. The van der Waals surface area contributed by atoms with Gasteiger partial charge in [0, 0.05) is 16.4 Å². The Labute approximate surface area is 193 Å². The molecule has 174 valence electrons. The monoisotopic (exact) mass is 498 g/mol. The van der Waals surface area contributed by atoms with Crippen LogP contribution in [-0.4, -0.2) is 21.4 Å². The molecule has 0 heterocycles. The topological polar surface area (TPSA) is 84.5 Å². The lowest BCUT2D eigenvalue weighted by Crippen LogP contribution is -2.17. The van der Waals surface area contributed by atoms with E-state index < -0.39 is 27.7 Å². The van der Waals surface area contributed by atoms with E-state index in [9.17, 15) is 26.4 Å². The number of halogens is 4. The van der Waals surface area contributed by atoms with E-state index in [0.29, 0.717) is 10.6 Å². The van der Waals surface area contributed by atoms with Gasteiger partial charge >= 0.3 is 6.18 Å². The van der Waals surface area contributed by atoms with Crippen LogP contribution in [0.2, 0.25) is 5.02 Å². The molecule has 0 unspecified atom stereocenters. The highest BCUT2D eigenvalue weighted by atomic mass is 35.5. The number of anilines is 2. The summed E-state index contributed by atoms with van der Waals surface area (Å²) in [5.41, 5.74) is -0.00139. The van der Waals surface area contributed by atoms with Crippen LogP contribution in [0.1, 0.15) is 11.1 Å². The molecule has 11 heteroatoms. The SMILES string of the molecule is COc1ccc(NC(=O)Cc2ccc(C(F)(F)F)cc2)cc1S(=O)(=O)Nc1ccc(Cl)cc1. The van der Waals surface area contributed by atoms with Crippen LogP contribution in [0.4, 0.5) is 24.5 Å². The molecule has 3 aromatic rings. The van der Waals surface area contributed by atoms with E-state index in [1.165, 1.54) is 61.7 Å². The summed E-state index contributed by atoms with van der Waals surface area (Å²) in [6, 6.07) is 14.3. The highest BCUT2D eigenvalue weighted by Gasteiger charge is 2.30. The number of alkyl halides is 3. The van der Waals surface area contributed by atoms with Crippen molar-refractivity contribution >= 4 is 38.9 Å². The number of ether oxygens (including phenoxy) is 1. The van der Waals surface area contributed by atoms with Crippen molar-refractivity contribution in [2.45, 2.75) is 17.5 Å². The number of rotatable bonds is 7. The van der Waals surface area contributed by atoms with Crippen molar-refractivity contribution in [3.8, 4) is 5.75 Å². The van der Waals surface area contributed by atoms with Gasteiger partial charge in [-0.3, -0.25) is 9.52 Å². The van der Waals surface area contributed by atoms with E-state index >= 15 is 0 Å². The zero-order valence-corrected chi connectivity index (χ0v) is 18.7. The van der Waals surface area contributed by atoms with E-state index in [1.807, 2.05) is 0 Å². The summed E-state index contributed by atoms with van der Waals surface area (Å²) in [5, 5.41) is 2.98. The first-order chi connectivity index (χ1) is 15.5. The second-order valence-corrected chi connectivity index (χ2v) is 8.98. The van der Waals surface area contributed by atoms with Crippen molar-refractivity contribution in [2.24, 2.45) is 0 Å². The number of hydrogen-bond donors (Lipinski definition) is 2. The van der Waals surface area contributed by atoms with Gasteiger partial charge in [0.15, 0.2) is 0 Å². The van der Waals surface area contributed by atoms with Crippen LogP contribution in [0, 0.1) is 0 Å². The number of methoxy groups -OCH3 is 1. The molecule has 0 saturated carbocycles. The molecule has 3 aromatic carbocycles. The first-order valence-electron chi connectivity index (χ1n) is 9.40. The van der Waals surface area contributed by atoms with Gasteiger partial charge < -0.3 is 10.1 Å². The lowest BCUT2D eigenvalue weighted by molar-refractivity contribution is -0.137. The molecule has 0 aliphatic rings. The van der Waals surface area contributed by atoms with Crippen LogP contribution in [0.5, 0.6) is 5.75 Å². The van der Waals surface area contributed by atoms with Crippen molar-refractivity contribution in [1.29, 1.82) is 0 Å². The normalized spacial score (nSPS) is 11.7. The third-order valence-electron chi connectivity index (χ3n) is 4.48. The molecular formula is C22H18ClF3N2O4S. The molecule has 6 nitrogen and oxygen atoms in total. The van der Waals surface area contributed by atoms with Crippen LogP contribution in [-0.2, 0) is 27.4 Å². The average Bonchev–Trinajstić information content (AvgIpc) is 2.75. The minimum absolute atomic E-state index is 0.0530. The predicted octanol–water partition coefficient (Wildman–Crippen LogP) is 5.35. The van der Waals surface area contributed by atoms with Crippen molar-refractivity contribution < 1.29 is 31.1 Å². The first-order valence-corrected chi connectivity index (χ1v) is 11.3. The summed E-state index contributed by atoms with van der Waals surface area (Å²) in [6.45, 7) is 0. The number of benzene rings is 3. The molecule has 0 aromatic heterocycles. The van der Waals surface area contributed by atoms with Crippen LogP contribution < -0.4 is 14.8 Å². The maximum absolute atomic E-state index is 12.9. The lowest BCUT2D eigenvalue weighted by Gasteiger charge is -2.14. The van der Waals surface area contributed by atoms with Gasteiger partial charge in [0.05, 0.1) is 19.1 Å². The van der Waals surface area contributed by atoms with Crippen molar-refractivity contribution in [3.63, 3.8) is 0 Å². The van der Waals surface area contributed by atoms with Gasteiger partial charge in [0.25, 0.3) is 10.0 Å². The third kappa shape index (κ3) is 6.39. The second-order valence-electron chi connectivity index (χ2n) is 6.90. The maximum Gasteiger partial charge on any atom is 0.416 e. The fourth-order valence-corrected chi connectivity index (χ4v) is 4.28. The van der Waals surface area contributed by atoms with E-state index in [-0.39, 0.29) is 28.4 Å². The highest BCUT2D eigenvalue weighted by molar-refractivity contribution is 7.92. The van der Waals surface area contributed by atoms with Crippen LogP contribution >= 0.6 is 11.6 Å². The highest BCUT2D eigenvalue weighted by Crippen LogP contribution is 2.30. The number of nitrogens with one attached hydrogen (secondary N) is 2. The van der Waals surface area contributed by atoms with Crippen LogP contribution in [0.25, 0.3) is 0 Å². The Balaban J connectivity index is 1.77. The molecule has 0 atom stereocenters. The molecular weight excluding hydrogens is 481 g/mol.